The maximum Gasteiger partial charge on any atom is 0.255 e. The van der Waals surface area contributed by atoms with Crippen molar-refractivity contribution in [2.45, 2.75) is 13.5 Å². The summed E-state index contributed by atoms with van der Waals surface area (Å²) in [6, 6.07) is 7.61. The molecule has 0 unspecified atom stereocenters. The highest BCUT2D eigenvalue weighted by atomic mass is 16.1. The van der Waals surface area contributed by atoms with Crippen LogP contribution in [-0.4, -0.2) is 14.0 Å². The number of hydrogen-bond acceptors (Lipinski definition) is 2. The summed E-state index contributed by atoms with van der Waals surface area (Å²) < 4.78 is 3.55. The molecule has 0 fully saturated rings. The zero-order valence-corrected chi connectivity index (χ0v) is 10.1. The Morgan fingerprint density at radius 2 is 2.22 bits per heavy atom. The fourth-order valence-corrected chi connectivity index (χ4v) is 2.16. The molecule has 0 radical (unpaired) electrons. The summed E-state index contributed by atoms with van der Waals surface area (Å²) in [6.45, 7) is 6.18. The number of nitrogens with zero attached hydrogens (tertiary/aromatic N) is 3. The van der Waals surface area contributed by atoms with Gasteiger partial charge in [0.2, 0.25) is 5.78 Å². The summed E-state index contributed by atoms with van der Waals surface area (Å²) in [5.41, 5.74) is 3.02. The van der Waals surface area contributed by atoms with Gasteiger partial charge in [-0.05, 0) is 24.6 Å². The quantitative estimate of drug-likeness (QED) is 0.643. The minimum absolute atomic E-state index is 0.0607. The number of rotatable bonds is 2. The van der Waals surface area contributed by atoms with E-state index in [-0.39, 0.29) is 5.56 Å². The summed E-state index contributed by atoms with van der Waals surface area (Å²) in [5.74, 6) is 0.656. The van der Waals surface area contributed by atoms with Crippen molar-refractivity contribution < 1.29 is 0 Å². The van der Waals surface area contributed by atoms with E-state index in [1.165, 1.54) is 5.56 Å². The van der Waals surface area contributed by atoms with E-state index < -0.39 is 0 Å². The first-order chi connectivity index (χ1) is 8.70. The van der Waals surface area contributed by atoms with Crippen LogP contribution in [0.25, 0.3) is 16.8 Å². The minimum Gasteiger partial charge on any atom is -0.285 e. The van der Waals surface area contributed by atoms with Crippen LogP contribution in [0.15, 0.2) is 47.9 Å². The highest BCUT2D eigenvalue weighted by molar-refractivity contribution is 5.80. The standard InChI is InChI=1S/C14H13N3O/c1-3-7-17-13(18)6-8-16-12-9-10(2)4-5-11(12)15-14(16)17/h3-6,8-9H,1,7H2,2H3. The van der Waals surface area contributed by atoms with Gasteiger partial charge in [0, 0.05) is 18.8 Å². The largest absolute Gasteiger partial charge is 0.285 e. The van der Waals surface area contributed by atoms with Crippen molar-refractivity contribution in [1.82, 2.24) is 14.0 Å². The number of fused-ring (bicyclic) bond motifs is 3. The van der Waals surface area contributed by atoms with Crippen LogP contribution >= 0.6 is 0 Å². The van der Waals surface area contributed by atoms with Gasteiger partial charge in [0.05, 0.1) is 11.0 Å². The Kier molecular flexibility index (Phi) is 2.30. The van der Waals surface area contributed by atoms with E-state index in [1.54, 1.807) is 22.9 Å². The van der Waals surface area contributed by atoms with Gasteiger partial charge in [0.1, 0.15) is 0 Å². The second-order valence-electron chi connectivity index (χ2n) is 4.33. The van der Waals surface area contributed by atoms with E-state index in [4.69, 9.17) is 0 Å². The van der Waals surface area contributed by atoms with Crippen LogP contribution in [0.5, 0.6) is 0 Å². The molecule has 18 heavy (non-hydrogen) atoms. The molecular formula is C14H13N3O. The molecule has 3 rings (SSSR count). The van der Waals surface area contributed by atoms with Gasteiger partial charge in [-0.3, -0.25) is 13.8 Å². The molecule has 0 spiro atoms. The Hall–Kier alpha value is -2.36. The molecule has 0 atom stereocenters. The van der Waals surface area contributed by atoms with Crippen molar-refractivity contribution in [3.05, 3.63) is 59.0 Å². The lowest BCUT2D eigenvalue weighted by Gasteiger charge is -2.03. The van der Waals surface area contributed by atoms with Crippen LogP contribution in [0, 0.1) is 6.92 Å². The van der Waals surface area contributed by atoms with Crippen molar-refractivity contribution in [3.63, 3.8) is 0 Å². The van der Waals surface area contributed by atoms with E-state index in [0.29, 0.717) is 12.3 Å². The first kappa shape index (κ1) is 10.8. The highest BCUT2D eigenvalue weighted by Gasteiger charge is 2.08. The Morgan fingerprint density at radius 3 is 3.00 bits per heavy atom. The Bertz CT molecular complexity index is 811. The van der Waals surface area contributed by atoms with Gasteiger partial charge in [0.15, 0.2) is 0 Å². The molecule has 0 aliphatic rings. The van der Waals surface area contributed by atoms with Crippen LogP contribution in [0.1, 0.15) is 5.56 Å². The zero-order valence-electron chi connectivity index (χ0n) is 10.1. The lowest BCUT2D eigenvalue weighted by molar-refractivity contribution is 0.777. The van der Waals surface area contributed by atoms with Crippen LogP contribution in [-0.2, 0) is 6.54 Å². The first-order valence-corrected chi connectivity index (χ1v) is 5.80. The minimum atomic E-state index is -0.0607. The lowest BCUT2D eigenvalue weighted by Crippen LogP contribution is -2.20. The summed E-state index contributed by atoms with van der Waals surface area (Å²) in [6.07, 6.45) is 3.47. The number of allylic oxidation sites excluding steroid dienone is 1. The summed E-state index contributed by atoms with van der Waals surface area (Å²) in [5, 5.41) is 0. The SMILES string of the molecule is C=CCn1c(=O)ccn2c3cc(C)ccc3nc12. The van der Waals surface area contributed by atoms with E-state index in [1.807, 2.05) is 23.5 Å². The zero-order chi connectivity index (χ0) is 12.7. The molecule has 4 heteroatoms. The molecule has 0 aliphatic heterocycles. The maximum absolute atomic E-state index is 11.8. The second kappa shape index (κ2) is 3.84. The van der Waals surface area contributed by atoms with Crippen molar-refractivity contribution in [2.24, 2.45) is 0 Å². The van der Waals surface area contributed by atoms with Gasteiger partial charge in [-0.25, -0.2) is 4.98 Å². The average molecular weight is 239 g/mol. The Labute approximate surface area is 104 Å². The topological polar surface area (TPSA) is 39.3 Å². The van der Waals surface area contributed by atoms with E-state index in [9.17, 15) is 4.79 Å². The van der Waals surface area contributed by atoms with Gasteiger partial charge in [-0.2, -0.15) is 0 Å². The lowest BCUT2D eigenvalue weighted by atomic mass is 10.2. The average Bonchev–Trinajstić information content (AvgIpc) is 2.71. The van der Waals surface area contributed by atoms with Crippen LogP contribution in [0.4, 0.5) is 0 Å². The third-order valence-corrected chi connectivity index (χ3v) is 3.01. The highest BCUT2D eigenvalue weighted by Crippen LogP contribution is 2.16. The van der Waals surface area contributed by atoms with Crippen molar-refractivity contribution in [3.8, 4) is 0 Å². The molecule has 3 aromatic rings. The second-order valence-corrected chi connectivity index (χ2v) is 4.33. The molecule has 0 N–H and O–H groups in total. The maximum atomic E-state index is 11.8. The summed E-state index contributed by atoms with van der Waals surface area (Å²) in [4.78, 5) is 16.3. The third-order valence-electron chi connectivity index (χ3n) is 3.01. The molecule has 0 saturated heterocycles. The molecule has 4 nitrogen and oxygen atoms in total. The number of imidazole rings is 1. The molecule has 0 bridgehead atoms. The molecule has 2 heterocycles. The first-order valence-electron chi connectivity index (χ1n) is 5.80. The van der Waals surface area contributed by atoms with Crippen molar-refractivity contribution >= 4 is 16.8 Å². The summed E-state index contributed by atoms with van der Waals surface area (Å²) >= 11 is 0. The number of hydrogen-bond donors (Lipinski definition) is 0. The smallest absolute Gasteiger partial charge is 0.255 e. The van der Waals surface area contributed by atoms with Crippen molar-refractivity contribution in [2.75, 3.05) is 0 Å². The van der Waals surface area contributed by atoms with Crippen LogP contribution < -0.4 is 5.56 Å². The number of benzene rings is 1. The van der Waals surface area contributed by atoms with Gasteiger partial charge < -0.3 is 0 Å². The molecular weight excluding hydrogens is 226 g/mol. The van der Waals surface area contributed by atoms with Crippen LogP contribution in [0.2, 0.25) is 0 Å². The Morgan fingerprint density at radius 1 is 1.39 bits per heavy atom. The monoisotopic (exact) mass is 239 g/mol. The predicted octanol–water partition coefficient (Wildman–Crippen LogP) is 2.14. The molecule has 2 aromatic heterocycles. The van der Waals surface area contributed by atoms with E-state index in [2.05, 4.69) is 17.6 Å². The van der Waals surface area contributed by atoms with E-state index >= 15 is 0 Å². The molecule has 90 valence electrons. The van der Waals surface area contributed by atoms with E-state index in [0.717, 1.165) is 11.0 Å². The van der Waals surface area contributed by atoms with Gasteiger partial charge in [0.25, 0.3) is 5.56 Å². The fraction of sp³-hybridized carbons (Fsp3) is 0.143. The number of aromatic nitrogens is 3. The molecule has 1 aromatic carbocycles. The Balaban J connectivity index is 2.49. The predicted molar refractivity (Wildman–Crippen MR) is 71.9 cm³/mol. The normalized spacial score (nSPS) is 11.2. The van der Waals surface area contributed by atoms with Crippen LogP contribution in [0.3, 0.4) is 0 Å². The molecule has 0 amide bonds. The third kappa shape index (κ3) is 1.46. The van der Waals surface area contributed by atoms with Crippen molar-refractivity contribution in [1.29, 1.82) is 0 Å². The number of aryl methyl sites for hydroxylation is 1. The fourth-order valence-electron chi connectivity index (χ4n) is 2.16. The van der Waals surface area contributed by atoms with Gasteiger partial charge in [-0.15, -0.1) is 6.58 Å². The van der Waals surface area contributed by atoms with Gasteiger partial charge >= 0.3 is 0 Å². The summed E-state index contributed by atoms with van der Waals surface area (Å²) in [7, 11) is 0. The van der Waals surface area contributed by atoms with Gasteiger partial charge in [-0.1, -0.05) is 12.1 Å². The molecule has 0 saturated carbocycles. The molecule has 0 aliphatic carbocycles.